The van der Waals surface area contributed by atoms with Gasteiger partial charge in [0.15, 0.2) is 0 Å². The van der Waals surface area contributed by atoms with E-state index in [9.17, 15) is 0 Å². The van der Waals surface area contributed by atoms with E-state index >= 15 is 0 Å². The molecule has 19 heavy (non-hydrogen) atoms. The molecule has 0 amide bonds. The lowest BCUT2D eigenvalue weighted by Crippen LogP contribution is -2.45. The lowest BCUT2D eigenvalue weighted by atomic mass is 9.95. The zero-order valence-corrected chi connectivity index (χ0v) is 13.1. The fourth-order valence-corrected chi connectivity index (χ4v) is 3.22. The normalized spacial score (nSPS) is 18.8. The highest BCUT2D eigenvalue weighted by molar-refractivity contribution is 6.35. The van der Waals surface area contributed by atoms with Crippen molar-refractivity contribution < 1.29 is 0 Å². The van der Waals surface area contributed by atoms with E-state index < -0.39 is 0 Å². The van der Waals surface area contributed by atoms with Crippen molar-refractivity contribution in [2.24, 2.45) is 5.92 Å². The molecule has 1 saturated heterocycles. The summed E-state index contributed by atoms with van der Waals surface area (Å²) in [5, 5.41) is 4.90. The Hall–Kier alpha value is -0.280. The zero-order valence-electron chi connectivity index (χ0n) is 11.6. The van der Waals surface area contributed by atoms with Gasteiger partial charge in [-0.1, -0.05) is 43.1 Å². The summed E-state index contributed by atoms with van der Waals surface area (Å²) < 4.78 is 0. The van der Waals surface area contributed by atoms with Crippen molar-refractivity contribution in [1.82, 2.24) is 10.2 Å². The third kappa shape index (κ3) is 4.09. The lowest BCUT2D eigenvalue weighted by Gasteiger charge is -2.36. The second-order valence-corrected chi connectivity index (χ2v) is 6.44. The van der Waals surface area contributed by atoms with E-state index in [1.165, 1.54) is 5.56 Å². The smallest absolute Gasteiger partial charge is 0.0468 e. The molecule has 0 aliphatic carbocycles. The maximum Gasteiger partial charge on any atom is 0.0468 e. The number of halogens is 2. The van der Waals surface area contributed by atoms with E-state index in [4.69, 9.17) is 23.2 Å². The highest BCUT2D eigenvalue weighted by Crippen LogP contribution is 2.34. The van der Waals surface area contributed by atoms with Crippen LogP contribution in [0, 0.1) is 5.92 Å². The van der Waals surface area contributed by atoms with Gasteiger partial charge in [0, 0.05) is 42.3 Å². The molecule has 0 saturated carbocycles. The number of hydrogen-bond acceptors (Lipinski definition) is 2. The summed E-state index contributed by atoms with van der Waals surface area (Å²) in [5.41, 5.74) is 1.21. The molecular weight excluding hydrogens is 279 g/mol. The van der Waals surface area contributed by atoms with Crippen LogP contribution in [0.25, 0.3) is 0 Å². The third-order valence-electron chi connectivity index (χ3n) is 3.61. The molecule has 1 heterocycles. The van der Waals surface area contributed by atoms with Crippen LogP contribution < -0.4 is 5.32 Å². The number of hydrogen-bond donors (Lipinski definition) is 1. The Morgan fingerprint density at radius 1 is 1.21 bits per heavy atom. The van der Waals surface area contributed by atoms with Crippen LogP contribution in [0.15, 0.2) is 18.2 Å². The van der Waals surface area contributed by atoms with E-state index in [2.05, 4.69) is 30.1 Å². The van der Waals surface area contributed by atoms with Crippen LogP contribution in [0.5, 0.6) is 0 Å². The van der Waals surface area contributed by atoms with Gasteiger partial charge in [-0.25, -0.2) is 0 Å². The van der Waals surface area contributed by atoms with E-state index in [1.807, 2.05) is 12.1 Å². The molecule has 106 valence electrons. The average Bonchev–Trinajstić information content (AvgIpc) is 2.37. The Bertz CT molecular complexity index is 415. The zero-order chi connectivity index (χ0) is 13.8. The molecule has 4 heteroatoms. The number of nitrogens with zero attached hydrogens (tertiary/aromatic N) is 1. The summed E-state index contributed by atoms with van der Waals surface area (Å²) in [6.07, 6.45) is 1.13. The molecule has 0 aromatic heterocycles. The number of piperazine rings is 1. The van der Waals surface area contributed by atoms with Crippen molar-refractivity contribution in [3.63, 3.8) is 0 Å². The van der Waals surface area contributed by atoms with E-state index in [0.29, 0.717) is 17.0 Å². The van der Waals surface area contributed by atoms with Crippen molar-refractivity contribution >= 4 is 23.2 Å². The Balaban J connectivity index is 2.25. The standard InChI is InChI=1S/C15H22Cl2N2/c1-11(2)9-15(19-7-5-18-6-8-19)13-4-3-12(16)10-14(13)17/h3-4,10-11,15,18H,5-9H2,1-2H3/t15-/m0/s1. The Morgan fingerprint density at radius 3 is 2.47 bits per heavy atom. The van der Waals surface area contributed by atoms with Gasteiger partial charge in [-0.2, -0.15) is 0 Å². The number of nitrogens with one attached hydrogen (secondary N) is 1. The predicted molar refractivity (Wildman–Crippen MR) is 83.1 cm³/mol. The molecule has 0 unspecified atom stereocenters. The molecule has 1 aromatic carbocycles. The predicted octanol–water partition coefficient (Wildman–Crippen LogP) is 3.99. The van der Waals surface area contributed by atoms with Crippen LogP contribution >= 0.6 is 23.2 Å². The van der Waals surface area contributed by atoms with Crippen LogP contribution in [0.3, 0.4) is 0 Å². The topological polar surface area (TPSA) is 15.3 Å². The molecule has 1 N–H and O–H groups in total. The minimum absolute atomic E-state index is 0.395. The van der Waals surface area contributed by atoms with Crippen molar-refractivity contribution in [1.29, 1.82) is 0 Å². The second kappa shape index (κ2) is 6.94. The molecule has 0 spiro atoms. The first-order valence-electron chi connectivity index (χ1n) is 6.97. The Labute approximate surface area is 126 Å². The Morgan fingerprint density at radius 2 is 1.89 bits per heavy atom. The summed E-state index contributed by atoms with van der Waals surface area (Å²) in [7, 11) is 0. The van der Waals surface area contributed by atoms with Crippen LogP contribution in [-0.2, 0) is 0 Å². The molecule has 0 radical (unpaired) electrons. The summed E-state index contributed by atoms with van der Waals surface area (Å²) in [5.74, 6) is 0.645. The molecule has 1 aromatic rings. The van der Waals surface area contributed by atoms with Crippen LogP contribution in [0.4, 0.5) is 0 Å². The van der Waals surface area contributed by atoms with Gasteiger partial charge in [0.2, 0.25) is 0 Å². The lowest BCUT2D eigenvalue weighted by molar-refractivity contribution is 0.154. The monoisotopic (exact) mass is 300 g/mol. The number of rotatable bonds is 4. The van der Waals surface area contributed by atoms with E-state index in [0.717, 1.165) is 37.6 Å². The molecule has 2 nitrogen and oxygen atoms in total. The highest BCUT2D eigenvalue weighted by Gasteiger charge is 2.24. The summed E-state index contributed by atoms with van der Waals surface area (Å²) in [4.78, 5) is 2.53. The summed E-state index contributed by atoms with van der Waals surface area (Å²) in [6, 6.07) is 6.28. The number of benzene rings is 1. The van der Waals surface area contributed by atoms with Crippen molar-refractivity contribution in [3.05, 3.63) is 33.8 Å². The van der Waals surface area contributed by atoms with Gasteiger partial charge < -0.3 is 5.32 Å². The molecule has 1 atom stereocenters. The average molecular weight is 301 g/mol. The third-order valence-corrected chi connectivity index (χ3v) is 4.17. The fourth-order valence-electron chi connectivity index (χ4n) is 2.68. The molecule has 0 bridgehead atoms. The van der Waals surface area contributed by atoms with E-state index in [-0.39, 0.29) is 0 Å². The minimum atomic E-state index is 0.395. The first-order chi connectivity index (χ1) is 9.08. The summed E-state index contributed by atoms with van der Waals surface area (Å²) in [6.45, 7) is 8.80. The van der Waals surface area contributed by atoms with Gasteiger partial charge in [-0.3, -0.25) is 4.90 Å². The van der Waals surface area contributed by atoms with E-state index in [1.54, 1.807) is 0 Å². The van der Waals surface area contributed by atoms with Gasteiger partial charge in [0.1, 0.15) is 0 Å². The van der Waals surface area contributed by atoms with Crippen molar-refractivity contribution in [2.75, 3.05) is 26.2 Å². The van der Waals surface area contributed by atoms with Crippen LogP contribution in [0.1, 0.15) is 31.9 Å². The van der Waals surface area contributed by atoms with Crippen LogP contribution in [0.2, 0.25) is 10.0 Å². The van der Waals surface area contributed by atoms with Crippen molar-refractivity contribution in [3.8, 4) is 0 Å². The fraction of sp³-hybridized carbons (Fsp3) is 0.600. The van der Waals surface area contributed by atoms with Gasteiger partial charge in [0.25, 0.3) is 0 Å². The first kappa shape index (κ1) is 15.1. The first-order valence-corrected chi connectivity index (χ1v) is 7.73. The maximum absolute atomic E-state index is 6.40. The second-order valence-electron chi connectivity index (χ2n) is 5.60. The van der Waals surface area contributed by atoms with Gasteiger partial charge in [0.05, 0.1) is 0 Å². The highest BCUT2D eigenvalue weighted by atomic mass is 35.5. The Kier molecular flexibility index (Phi) is 5.52. The summed E-state index contributed by atoms with van der Waals surface area (Å²) >= 11 is 12.4. The molecular formula is C15H22Cl2N2. The molecule has 1 aliphatic rings. The molecule has 1 aliphatic heterocycles. The van der Waals surface area contributed by atoms with Crippen molar-refractivity contribution in [2.45, 2.75) is 26.3 Å². The largest absolute Gasteiger partial charge is 0.314 e. The SMILES string of the molecule is CC(C)C[C@@H](c1ccc(Cl)cc1Cl)N1CCNCC1. The minimum Gasteiger partial charge on any atom is -0.314 e. The quantitative estimate of drug-likeness (QED) is 0.904. The van der Waals surface area contributed by atoms with Gasteiger partial charge in [-0.05, 0) is 30.0 Å². The van der Waals surface area contributed by atoms with Crippen LogP contribution in [-0.4, -0.2) is 31.1 Å². The maximum atomic E-state index is 6.40. The molecule has 2 rings (SSSR count). The van der Waals surface area contributed by atoms with Gasteiger partial charge >= 0.3 is 0 Å². The molecule has 1 fully saturated rings. The van der Waals surface area contributed by atoms with Gasteiger partial charge in [-0.15, -0.1) is 0 Å².